The van der Waals surface area contributed by atoms with Crippen LogP contribution in [0.25, 0.3) is 0 Å². The van der Waals surface area contributed by atoms with Crippen LogP contribution in [0.2, 0.25) is 0 Å². The van der Waals surface area contributed by atoms with Crippen LogP contribution in [-0.2, 0) is 6.54 Å². The maximum absolute atomic E-state index is 12.7. The molecular formula is C14H11BrFNO. The number of hydrogen-bond donors (Lipinski definition) is 1. The van der Waals surface area contributed by atoms with E-state index in [1.165, 1.54) is 24.3 Å². The van der Waals surface area contributed by atoms with Crippen LogP contribution >= 0.6 is 15.9 Å². The predicted octanol–water partition coefficient (Wildman–Crippen LogP) is 3.52. The highest BCUT2D eigenvalue weighted by atomic mass is 79.9. The molecule has 2 nitrogen and oxygen atoms in total. The van der Waals surface area contributed by atoms with Crippen molar-refractivity contribution in [1.82, 2.24) is 5.32 Å². The Balaban J connectivity index is 1.96. The molecule has 2 rings (SSSR count). The highest BCUT2D eigenvalue weighted by Gasteiger charge is 2.04. The molecule has 0 fully saturated rings. The van der Waals surface area contributed by atoms with E-state index in [0.29, 0.717) is 12.1 Å². The molecule has 0 atom stereocenters. The van der Waals surface area contributed by atoms with Crippen molar-refractivity contribution in [2.24, 2.45) is 0 Å². The first-order valence-electron chi connectivity index (χ1n) is 5.43. The predicted molar refractivity (Wildman–Crippen MR) is 71.7 cm³/mol. The number of halogens is 2. The van der Waals surface area contributed by atoms with Gasteiger partial charge in [-0.15, -0.1) is 0 Å². The summed E-state index contributed by atoms with van der Waals surface area (Å²) in [5.41, 5.74) is 1.46. The molecule has 4 heteroatoms. The molecule has 0 aromatic heterocycles. The lowest BCUT2D eigenvalue weighted by Crippen LogP contribution is -2.22. The summed E-state index contributed by atoms with van der Waals surface area (Å²) in [6, 6.07) is 13.2. The molecule has 0 unspecified atom stereocenters. The summed E-state index contributed by atoms with van der Waals surface area (Å²) < 4.78 is 13.7. The number of nitrogens with one attached hydrogen (secondary N) is 1. The summed E-state index contributed by atoms with van der Waals surface area (Å²) >= 11 is 3.35. The lowest BCUT2D eigenvalue weighted by atomic mass is 10.2. The van der Waals surface area contributed by atoms with Crippen LogP contribution in [0.5, 0.6) is 0 Å². The zero-order valence-electron chi connectivity index (χ0n) is 9.49. The molecule has 92 valence electrons. The topological polar surface area (TPSA) is 29.1 Å². The van der Waals surface area contributed by atoms with Crippen LogP contribution in [0.15, 0.2) is 53.0 Å². The Morgan fingerprint density at radius 2 is 1.67 bits per heavy atom. The van der Waals surface area contributed by atoms with Crippen LogP contribution in [0.3, 0.4) is 0 Å². The molecular weight excluding hydrogens is 297 g/mol. The molecule has 0 aliphatic carbocycles. The highest BCUT2D eigenvalue weighted by Crippen LogP contribution is 2.10. The van der Waals surface area contributed by atoms with E-state index in [-0.39, 0.29) is 11.7 Å². The van der Waals surface area contributed by atoms with Gasteiger partial charge in [-0.3, -0.25) is 4.79 Å². The minimum absolute atomic E-state index is 0.210. The van der Waals surface area contributed by atoms with Crippen molar-refractivity contribution in [3.8, 4) is 0 Å². The second-order valence-electron chi connectivity index (χ2n) is 3.82. The summed E-state index contributed by atoms with van der Waals surface area (Å²) in [5.74, 6) is -0.558. The summed E-state index contributed by atoms with van der Waals surface area (Å²) in [6.07, 6.45) is 0. The first-order chi connectivity index (χ1) is 8.65. The number of carbonyl (C=O) groups excluding carboxylic acids is 1. The first-order valence-corrected chi connectivity index (χ1v) is 6.22. The fourth-order valence-corrected chi connectivity index (χ4v) is 1.75. The molecule has 2 aromatic rings. The number of hydrogen-bond acceptors (Lipinski definition) is 1. The molecule has 0 saturated heterocycles. The minimum atomic E-state index is -0.348. The SMILES string of the molecule is O=C(NCc1ccc(Br)cc1)c1ccc(F)cc1. The van der Waals surface area contributed by atoms with E-state index in [0.717, 1.165) is 10.0 Å². The number of carbonyl (C=O) groups is 1. The van der Waals surface area contributed by atoms with Crippen LogP contribution < -0.4 is 5.32 Å². The Bertz CT molecular complexity index is 537. The highest BCUT2D eigenvalue weighted by molar-refractivity contribution is 9.10. The van der Waals surface area contributed by atoms with Gasteiger partial charge in [-0.2, -0.15) is 0 Å². The van der Waals surface area contributed by atoms with Crippen molar-refractivity contribution in [2.75, 3.05) is 0 Å². The van der Waals surface area contributed by atoms with Gasteiger partial charge >= 0.3 is 0 Å². The van der Waals surface area contributed by atoms with Crippen LogP contribution in [0, 0.1) is 5.82 Å². The molecule has 0 bridgehead atoms. The Morgan fingerprint density at radius 3 is 2.28 bits per heavy atom. The van der Waals surface area contributed by atoms with Crippen molar-refractivity contribution in [3.05, 3.63) is 69.9 Å². The molecule has 0 aliphatic rings. The van der Waals surface area contributed by atoms with Gasteiger partial charge in [-0.25, -0.2) is 4.39 Å². The van der Waals surface area contributed by atoms with E-state index < -0.39 is 0 Å². The molecule has 18 heavy (non-hydrogen) atoms. The van der Waals surface area contributed by atoms with Gasteiger partial charge in [-0.05, 0) is 42.0 Å². The van der Waals surface area contributed by atoms with Gasteiger partial charge in [0.2, 0.25) is 0 Å². The summed E-state index contributed by atoms with van der Waals surface area (Å²) in [5, 5.41) is 2.78. The Kier molecular flexibility index (Phi) is 4.10. The maximum Gasteiger partial charge on any atom is 0.251 e. The molecule has 0 aliphatic heterocycles. The molecule has 1 N–H and O–H groups in total. The lowest BCUT2D eigenvalue weighted by molar-refractivity contribution is 0.0951. The molecule has 0 spiro atoms. The zero-order chi connectivity index (χ0) is 13.0. The van der Waals surface area contributed by atoms with Gasteiger partial charge in [0, 0.05) is 16.6 Å². The van der Waals surface area contributed by atoms with Gasteiger partial charge in [0.1, 0.15) is 5.82 Å². The van der Waals surface area contributed by atoms with Crippen LogP contribution in [0.1, 0.15) is 15.9 Å². The van der Waals surface area contributed by atoms with Gasteiger partial charge in [0.25, 0.3) is 5.91 Å². The van der Waals surface area contributed by atoms with E-state index in [1.807, 2.05) is 24.3 Å². The Hall–Kier alpha value is -1.68. The van der Waals surface area contributed by atoms with Crippen molar-refractivity contribution in [1.29, 1.82) is 0 Å². The van der Waals surface area contributed by atoms with Crippen molar-refractivity contribution in [3.63, 3.8) is 0 Å². The lowest BCUT2D eigenvalue weighted by Gasteiger charge is -2.05. The largest absolute Gasteiger partial charge is 0.348 e. The van der Waals surface area contributed by atoms with E-state index in [4.69, 9.17) is 0 Å². The summed E-state index contributed by atoms with van der Waals surface area (Å²) in [7, 11) is 0. The van der Waals surface area contributed by atoms with E-state index in [9.17, 15) is 9.18 Å². The van der Waals surface area contributed by atoms with E-state index in [1.54, 1.807) is 0 Å². The van der Waals surface area contributed by atoms with Gasteiger partial charge < -0.3 is 5.32 Å². The number of amides is 1. The minimum Gasteiger partial charge on any atom is -0.348 e. The summed E-state index contributed by atoms with van der Waals surface area (Å²) in [6.45, 7) is 0.448. The fraction of sp³-hybridized carbons (Fsp3) is 0.0714. The van der Waals surface area contributed by atoms with Crippen molar-refractivity contribution in [2.45, 2.75) is 6.54 Å². The second-order valence-corrected chi connectivity index (χ2v) is 4.73. The molecule has 1 amide bonds. The van der Waals surface area contributed by atoms with E-state index >= 15 is 0 Å². The third-order valence-corrected chi connectivity index (χ3v) is 3.00. The van der Waals surface area contributed by atoms with Gasteiger partial charge in [-0.1, -0.05) is 28.1 Å². The molecule has 0 radical (unpaired) electrons. The zero-order valence-corrected chi connectivity index (χ0v) is 11.1. The summed E-state index contributed by atoms with van der Waals surface area (Å²) in [4.78, 5) is 11.8. The number of rotatable bonds is 3. The molecule has 0 heterocycles. The quantitative estimate of drug-likeness (QED) is 0.923. The third kappa shape index (κ3) is 3.40. The molecule has 2 aromatic carbocycles. The van der Waals surface area contributed by atoms with Crippen LogP contribution in [-0.4, -0.2) is 5.91 Å². The fourth-order valence-electron chi connectivity index (χ4n) is 1.49. The monoisotopic (exact) mass is 307 g/mol. The average Bonchev–Trinajstić information content (AvgIpc) is 2.38. The van der Waals surface area contributed by atoms with Gasteiger partial charge in [0.15, 0.2) is 0 Å². The second kappa shape index (κ2) is 5.78. The molecule has 0 saturated carbocycles. The van der Waals surface area contributed by atoms with E-state index in [2.05, 4.69) is 21.2 Å². The number of benzene rings is 2. The smallest absolute Gasteiger partial charge is 0.251 e. The average molecular weight is 308 g/mol. The first kappa shape index (κ1) is 12.8. The standard InChI is InChI=1S/C14H11BrFNO/c15-12-5-1-10(2-6-12)9-17-14(18)11-3-7-13(16)8-4-11/h1-8H,9H2,(H,17,18). The maximum atomic E-state index is 12.7. The Labute approximate surface area is 113 Å². The van der Waals surface area contributed by atoms with Crippen molar-refractivity contribution >= 4 is 21.8 Å². The van der Waals surface area contributed by atoms with Crippen molar-refractivity contribution < 1.29 is 9.18 Å². The normalized spacial score (nSPS) is 10.1. The van der Waals surface area contributed by atoms with Crippen LogP contribution in [0.4, 0.5) is 4.39 Å². The van der Waals surface area contributed by atoms with Gasteiger partial charge in [0.05, 0.1) is 0 Å². The third-order valence-electron chi connectivity index (χ3n) is 2.47. The Morgan fingerprint density at radius 1 is 1.06 bits per heavy atom.